The minimum Gasteiger partial charge on any atom is -0.452 e. The molecule has 2 aromatic rings. The van der Waals surface area contributed by atoms with Gasteiger partial charge in [0.05, 0.1) is 17.3 Å². The van der Waals surface area contributed by atoms with E-state index in [2.05, 4.69) is 10.4 Å². The van der Waals surface area contributed by atoms with Crippen LogP contribution in [-0.4, -0.2) is 28.3 Å². The first-order chi connectivity index (χ1) is 12.3. The molecule has 1 aromatic carbocycles. The number of aryl methyl sites for hydroxylation is 1. The summed E-state index contributed by atoms with van der Waals surface area (Å²) < 4.78 is 6.59. The Morgan fingerprint density at radius 3 is 2.81 bits per heavy atom. The Morgan fingerprint density at radius 1 is 1.42 bits per heavy atom. The lowest BCUT2D eigenvalue weighted by Gasteiger charge is -2.08. The highest BCUT2D eigenvalue weighted by Crippen LogP contribution is 2.21. The van der Waals surface area contributed by atoms with E-state index < -0.39 is 18.5 Å². The van der Waals surface area contributed by atoms with Crippen molar-refractivity contribution in [2.75, 3.05) is 11.9 Å². The molecule has 0 bridgehead atoms. The van der Waals surface area contributed by atoms with Crippen molar-refractivity contribution in [2.24, 2.45) is 5.92 Å². The Balaban J connectivity index is 1.99. The summed E-state index contributed by atoms with van der Waals surface area (Å²) in [5, 5.41) is 15.9. The Morgan fingerprint density at radius 2 is 2.15 bits per heavy atom. The Hall–Kier alpha value is -2.85. The zero-order valence-electron chi connectivity index (χ0n) is 14.7. The Bertz CT molecular complexity index is 868. The van der Waals surface area contributed by atoms with Crippen molar-refractivity contribution in [3.63, 3.8) is 0 Å². The number of nitrogens with one attached hydrogen (secondary N) is 1. The van der Waals surface area contributed by atoms with Gasteiger partial charge in [-0.15, -0.1) is 0 Å². The highest BCUT2D eigenvalue weighted by atomic mass is 35.5. The van der Waals surface area contributed by atoms with Gasteiger partial charge in [0.15, 0.2) is 6.61 Å². The number of aromatic nitrogens is 2. The highest BCUT2D eigenvalue weighted by Gasteiger charge is 2.22. The van der Waals surface area contributed by atoms with Gasteiger partial charge in [-0.05, 0) is 31.0 Å². The molecule has 0 atom stereocenters. The zero-order chi connectivity index (χ0) is 19.3. The van der Waals surface area contributed by atoms with E-state index >= 15 is 0 Å². The number of carbonyl (C=O) groups is 2. The molecule has 0 fully saturated rings. The molecular formula is C18H19ClN4O3. The fourth-order valence-corrected chi connectivity index (χ4v) is 2.64. The SMILES string of the molecule is Cc1nn(CC(C)C)c(Cl)c1C(=O)OCC(=O)Nc1cccc(C#N)c1. The monoisotopic (exact) mass is 374 g/mol. The molecule has 0 spiro atoms. The van der Waals surface area contributed by atoms with Gasteiger partial charge in [0, 0.05) is 12.2 Å². The van der Waals surface area contributed by atoms with Crippen LogP contribution in [0.5, 0.6) is 0 Å². The summed E-state index contributed by atoms with van der Waals surface area (Å²) in [5.74, 6) is -0.911. The predicted octanol–water partition coefficient (Wildman–Crippen LogP) is 3.17. The Kier molecular flexibility index (Phi) is 6.36. The fraction of sp³-hybridized carbons (Fsp3) is 0.333. The van der Waals surface area contributed by atoms with Crippen LogP contribution in [0.2, 0.25) is 5.15 Å². The van der Waals surface area contributed by atoms with Crippen molar-refractivity contribution >= 4 is 29.2 Å². The number of amides is 1. The van der Waals surface area contributed by atoms with Crippen LogP contribution in [0, 0.1) is 24.2 Å². The van der Waals surface area contributed by atoms with Crippen molar-refractivity contribution in [1.82, 2.24) is 9.78 Å². The van der Waals surface area contributed by atoms with Gasteiger partial charge in [-0.1, -0.05) is 31.5 Å². The minimum atomic E-state index is -0.705. The van der Waals surface area contributed by atoms with E-state index in [1.54, 1.807) is 29.8 Å². The van der Waals surface area contributed by atoms with Crippen molar-refractivity contribution in [3.05, 3.63) is 46.2 Å². The number of nitriles is 1. The van der Waals surface area contributed by atoms with E-state index in [1.165, 1.54) is 6.07 Å². The van der Waals surface area contributed by atoms with Gasteiger partial charge in [0.25, 0.3) is 5.91 Å². The number of benzene rings is 1. The molecule has 0 aliphatic carbocycles. The number of ether oxygens (including phenoxy) is 1. The van der Waals surface area contributed by atoms with Crippen molar-refractivity contribution in [2.45, 2.75) is 27.3 Å². The quantitative estimate of drug-likeness (QED) is 0.783. The van der Waals surface area contributed by atoms with Crippen LogP contribution in [0.3, 0.4) is 0 Å². The van der Waals surface area contributed by atoms with Crippen LogP contribution >= 0.6 is 11.6 Å². The molecule has 0 saturated carbocycles. The molecule has 0 aliphatic rings. The summed E-state index contributed by atoms with van der Waals surface area (Å²) in [5.41, 5.74) is 1.47. The van der Waals surface area contributed by atoms with Gasteiger partial charge >= 0.3 is 5.97 Å². The molecule has 1 heterocycles. The molecule has 7 nitrogen and oxygen atoms in total. The first-order valence-electron chi connectivity index (χ1n) is 8.01. The van der Waals surface area contributed by atoms with E-state index in [9.17, 15) is 9.59 Å². The van der Waals surface area contributed by atoms with Gasteiger partial charge in [-0.2, -0.15) is 10.4 Å². The first kappa shape index (κ1) is 19.5. The van der Waals surface area contributed by atoms with Crippen LogP contribution in [0.15, 0.2) is 24.3 Å². The maximum absolute atomic E-state index is 12.3. The minimum absolute atomic E-state index is 0.159. The number of halogens is 1. The van der Waals surface area contributed by atoms with E-state index in [1.807, 2.05) is 19.9 Å². The summed E-state index contributed by atoms with van der Waals surface area (Å²) in [7, 11) is 0. The van der Waals surface area contributed by atoms with Crippen LogP contribution in [0.25, 0.3) is 0 Å². The second kappa shape index (κ2) is 8.50. The molecular weight excluding hydrogens is 356 g/mol. The third-order valence-electron chi connectivity index (χ3n) is 3.42. The van der Waals surface area contributed by atoms with Crippen molar-refractivity contribution in [1.29, 1.82) is 5.26 Å². The molecule has 8 heteroatoms. The maximum atomic E-state index is 12.3. The standard InChI is InChI=1S/C18H19ClN4O3/c1-11(2)9-23-17(19)16(12(3)22-23)18(25)26-10-15(24)21-14-6-4-5-13(7-14)8-20/h4-7,11H,9-10H2,1-3H3,(H,21,24). The molecule has 0 radical (unpaired) electrons. The van der Waals surface area contributed by atoms with Crippen molar-refractivity contribution in [3.8, 4) is 6.07 Å². The summed E-state index contributed by atoms with van der Waals surface area (Å²) in [6.45, 7) is 5.78. The highest BCUT2D eigenvalue weighted by molar-refractivity contribution is 6.32. The summed E-state index contributed by atoms with van der Waals surface area (Å²) in [6, 6.07) is 8.41. The largest absolute Gasteiger partial charge is 0.452 e. The van der Waals surface area contributed by atoms with Crippen LogP contribution < -0.4 is 5.32 Å². The molecule has 1 aromatic heterocycles. The van der Waals surface area contributed by atoms with Crippen LogP contribution in [0.1, 0.15) is 35.5 Å². The number of anilines is 1. The smallest absolute Gasteiger partial charge is 0.343 e. The normalized spacial score (nSPS) is 10.5. The number of nitrogens with zero attached hydrogens (tertiary/aromatic N) is 3. The molecule has 136 valence electrons. The molecule has 1 amide bonds. The summed E-state index contributed by atoms with van der Waals surface area (Å²) in [4.78, 5) is 24.2. The second-order valence-corrected chi connectivity index (χ2v) is 6.50. The van der Waals surface area contributed by atoms with Gasteiger partial charge < -0.3 is 10.1 Å². The number of esters is 1. The number of hydrogen-bond donors (Lipinski definition) is 1. The third kappa shape index (κ3) is 4.83. The molecule has 0 unspecified atom stereocenters. The Labute approximate surface area is 156 Å². The molecule has 1 N–H and O–H groups in total. The number of rotatable bonds is 6. The van der Waals surface area contributed by atoms with E-state index in [-0.39, 0.29) is 10.7 Å². The lowest BCUT2D eigenvalue weighted by Crippen LogP contribution is -2.21. The lowest BCUT2D eigenvalue weighted by molar-refractivity contribution is -0.119. The number of carbonyl (C=O) groups excluding carboxylic acids is 2. The average Bonchev–Trinajstić information content (AvgIpc) is 2.86. The van der Waals surface area contributed by atoms with Gasteiger partial charge in [-0.25, -0.2) is 4.79 Å². The molecule has 0 aliphatic heterocycles. The topological polar surface area (TPSA) is 97.0 Å². The average molecular weight is 375 g/mol. The lowest BCUT2D eigenvalue weighted by atomic mass is 10.2. The predicted molar refractivity (Wildman–Crippen MR) is 96.9 cm³/mol. The van der Waals surface area contributed by atoms with E-state index in [0.29, 0.717) is 29.4 Å². The molecule has 26 heavy (non-hydrogen) atoms. The molecule has 2 rings (SSSR count). The first-order valence-corrected chi connectivity index (χ1v) is 8.39. The van der Waals surface area contributed by atoms with Gasteiger partial charge in [0.1, 0.15) is 10.7 Å². The summed E-state index contributed by atoms with van der Waals surface area (Å²) >= 11 is 6.22. The molecule has 0 saturated heterocycles. The van der Waals surface area contributed by atoms with Crippen molar-refractivity contribution < 1.29 is 14.3 Å². The second-order valence-electron chi connectivity index (χ2n) is 6.14. The van der Waals surface area contributed by atoms with Gasteiger partial charge in [-0.3, -0.25) is 9.48 Å². The van der Waals surface area contributed by atoms with Gasteiger partial charge in [0.2, 0.25) is 0 Å². The van der Waals surface area contributed by atoms with E-state index in [4.69, 9.17) is 21.6 Å². The van der Waals surface area contributed by atoms with E-state index in [0.717, 1.165) is 0 Å². The zero-order valence-corrected chi connectivity index (χ0v) is 15.5. The summed E-state index contributed by atoms with van der Waals surface area (Å²) in [6.07, 6.45) is 0. The fourth-order valence-electron chi connectivity index (χ4n) is 2.32. The van der Waals surface area contributed by atoms with Crippen LogP contribution in [-0.2, 0) is 16.1 Å². The third-order valence-corrected chi connectivity index (χ3v) is 3.80. The van der Waals surface area contributed by atoms with Crippen LogP contribution in [0.4, 0.5) is 5.69 Å². The number of hydrogen-bond acceptors (Lipinski definition) is 5. The maximum Gasteiger partial charge on any atom is 0.343 e.